The molecule has 2 aromatic carbocycles. The van der Waals surface area contributed by atoms with Gasteiger partial charge < -0.3 is 14.6 Å². The van der Waals surface area contributed by atoms with Crippen molar-refractivity contribution in [2.24, 2.45) is 5.92 Å². The van der Waals surface area contributed by atoms with Crippen LogP contribution in [0.2, 0.25) is 0 Å². The van der Waals surface area contributed by atoms with Crippen molar-refractivity contribution in [3.63, 3.8) is 0 Å². The summed E-state index contributed by atoms with van der Waals surface area (Å²) in [5.41, 5.74) is 0.774. The Morgan fingerprint density at radius 1 is 0.919 bits per heavy atom. The lowest BCUT2D eigenvalue weighted by Crippen LogP contribution is -2.24. The minimum absolute atomic E-state index is 0.0472. The summed E-state index contributed by atoms with van der Waals surface area (Å²) in [5, 5.41) is 9.78. The Labute approximate surface area is 215 Å². The van der Waals surface area contributed by atoms with Crippen LogP contribution in [0.4, 0.5) is 17.6 Å². The molecule has 0 amide bonds. The van der Waals surface area contributed by atoms with E-state index in [4.69, 9.17) is 9.47 Å². The summed E-state index contributed by atoms with van der Waals surface area (Å²) < 4.78 is 69.6. The van der Waals surface area contributed by atoms with E-state index in [1.807, 2.05) is 0 Å². The summed E-state index contributed by atoms with van der Waals surface area (Å²) in [7, 11) is 0. The second kappa shape index (κ2) is 12.3. The van der Waals surface area contributed by atoms with E-state index >= 15 is 0 Å². The lowest BCUT2D eigenvalue weighted by atomic mass is 9.76. The topological polar surface area (TPSA) is 38.7 Å². The number of aliphatic hydroxyl groups is 1. The second-order valence-corrected chi connectivity index (χ2v) is 10.1. The lowest BCUT2D eigenvalue weighted by Gasteiger charge is -2.30. The van der Waals surface area contributed by atoms with Gasteiger partial charge in [-0.25, -0.2) is 13.2 Å². The van der Waals surface area contributed by atoms with Gasteiger partial charge in [0.2, 0.25) is 5.82 Å². The van der Waals surface area contributed by atoms with Crippen molar-refractivity contribution in [1.29, 1.82) is 0 Å². The summed E-state index contributed by atoms with van der Waals surface area (Å²) in [5.74, 6) is -3.97. The SMILES string of the molecule is C=CCOc1ccc(C2CCC(/C=C/c3ccc(C4CCC(C(C)O)CC4)c(F)c3F)OC2)c(F)c1F. The molecule has 1 saturated heterocycles. The van der Waals surface area contributed by atoms with Crippen molar-refractivity contribution in [1.82, 2.24) is 0 Å². The Balaban J connectivity index is 1.36. The molecule has 1 saturated carbocycles. The standard InChI is InChI=1S/C30H34F4O3/c1-3-16-36-26-15-14-25(29(33)30(26)34)22-9-12-23(37-17-22)11-8-21-10-13-24(28(32)27(21)31)20-6-4-19(5-7-20)18(2)35/h3,8,10-11,13-15,18-20,22-23,35H,1,4-7,9,12,16-17H2,2H3/b11-8+. The zero-order valence-corrected chi connectivity index (χ0v) is 21.1. The molecular weight excluding hydrogens is 484 g/mol. The van der Waals surface area contributed by atoms with Gasteiger partial charge in [0.15, 0.2) is 23.2 Å². The molecule has 0 bridgehead atoms. The molecule has 2 aliphatic rings. The summed E-state index contributed by atoms with van der Waals surface area (Å²) in [6.07, 6.45) is 8.09. The average molecular weight is 519 g/mol. The van der Waals surface area contributed by atoms with E-state index in [1.165, 1.54) is 24.3 Å². The number of halogens is 4. The first-order valence-electron chi connectivity index (χ1n) is 13.0. The summed E-state index contributed by atoms with van der Waals surface area (Å²) >= 11 is 0. The molecular formula is C30H34F4O3. The van der Waals surface area contributed by atoms with Gasteiger partial charge in [0.25, 0.3) is 0 Å². The summed E-state index contributed by atoms with van der Waals surface area (Å²) in [6.45, 7) is 5.53. The maximum atomic E-state index is 14.9. The highest BCUT2D eigenvalue weighted by Gasteiger charge is 2.29. The maximum Gasteiger partial charge on any atom is 0.200 e. The summed E-state index contributed by atoms with van der Waals surface area (Å²) in [4.78, 5) is 0. The third kappa shape index (κ3) is 6.27. The monoisotopic (exact) mass is 518 g/mol. The summed E-state index contributed by atoms with van der Waals surface area (Å²) in [6, 6.07) is 6.16. The molecule has 4 rings (SSSR count). The van der Waals surface area contributed by atoms with Gasteiger partial charge in [-0.2, -0.15) is 4.39 Å². The van der Waals surface area contributed by atoms with Crippen molar-refractivity contribution in [3.8, 4) is 5.75 Å². The first kappa shape index (κ1) is 27.4. The van der Waals surface area contributed by atoms with Crippen LogP contribution < -0.4 is 4.74 Å². The molecule has 3 nitrogen and oxygen atoms in total. The number of hydrogen-bond acceptors (Lipinski definition) is 3. The minimum Gasteiger partial charge on any atom is -0.486 e. The number of rotatable bonds is 8. The van der Waals surface area contributed by atoms with Crippen LogP contribution in [0.5, 0.6) is 5.75 Å². The van der Waals surface area contributed by atoms with Crippen LogP contribution in [0.3, 0.4) is 0 Å². The quantitative estimate of drug-likeness (QED) is 0.292. The van der Waals surface area contributed by atoms with Crippen LogP contribution >= 0.6 is 0 Å². The Kier molecular flexibility index (Phi) is 9.08. The van der Waals surface area contributed by atoms with E-state index in [-0.39, 0.29) is 60.1 Å². The van der Waals surface area contributed by atoms with Gasteiger partial charge in [-0.15, -0.1) is 0 Å². The van der Waals surface area contributed by atoms with Gasteiger partial charge in [-0.05, 0) is 74.5 Å². The fraction of sp³-hybridized carbons (Fsp3) is 0.467. The molecule has 0 aromatic heterocycles. The molecule has 0 spiro atoms. The van der Waals surface area contributed by atoms with Crippen molar-refractivity contribution in [3.05, 3.63) is 83.0 Å². The number of benzene rings is 2. The van der Waals surface area contributed by atoms with Crippen LogP contribution in [0.1, 0.15) is 74.0 Å². The fourth-order valence-corrected chi connectivity index (χ4v) is 5.44. The molecule has 7 heteroatoms. The van der Waals surface area contributed by atoms with Crippen LogP contribution in [-0.2, 0) is 4.74 Å². The first-order valence-corrected chi connectivity index (χ1v) is 13.0. The lowest BCUT2D eigenvalue weighted by molar-refractivity contribution is 0.0322. The fourth-order valence-electron chi connectivity index (χ4n) is 5.44. The van der Waals surface area contributed by atoms with E-state index in [9.17, 15) is 22.7 Å². The molecule has 2 fully saturated rings. The zero-order valence-electron chi connectivity index (χ0n) is 21.1. The Hall–Kier alpha value is -2.64. The minimum atomic E-state index is -1.03. The number of hydrogen-bond donors (Lipinski definition) is 1. The normalized spacial score (nSPS) is 25.2. The predicted octanol–water partition coefficient (Wildman–Crippen LogP) is 7.44. The third-order valence-corrected chi connectivity index (χ3v) is 7.71. The second-order valence-electron chi connectivity index (χ2n) is 10.1. The van der Waals surface area contributed by atoms with Gasteiger partial charge in [-0.3, -0.25) is 0 Å². The number of aliphatic hydroxyl groups excluding tert-OH is 1. The molecule has 1 heterocycles. The molecule has 37 heavy (non-hydrogen) atoms. The number of ether oxygens (including phenoxy) is 2. The van der Waals surface area contributed by atoms with Gasteiger partial charge in [0.1, 0.15) is 6.61 Å². The van der Waals surface area contributed by atoms with Gasteiger partial charge in [0.05, 0.1) is 18.8 Å². The van der Waals surface area contributed by atoms with E-state index in [1.54, 1.807) is 25.1 Å². The van der Waals surface area contributed by atoms with Crippen LogP contribution in [0.25, 0.3) is 6.08 Å². The van der Waals surface area contributed by atoms with Crippen molar-refractivity contribution >= 4 is 6.08 Å². The maximum absolute atomic E-state index is 14.9. The van der Waals surface area contributed by atoms with Crippen molar-refractivity contribution in [2.75, 3.05) is 13.2 Å². The Morgan fingerprint density at radius 2 is 1.57 bits per heavy atom. The smallest absolute Gasteiger partial charge is 0.200 e. The highest BCUT2D eigenvalue weighted by molar-refractivity contribution is 5.52. The molecule has 1 N–H and O–H groups in total. The van der Waals surface area contributed by atoms with Crippen molar-refractivity contribution < 1.29 is 32.1 Å². The van der Waals surface area contributed by atoms with E-state index < -0.39 is 23.3 Å². The average Bonchev–Trinajstić information content (AvgIpc) is 2.91. The molecule has 0 radical (unpaired) electrons. The highest BCUT2D eigenvalue weighted by atomic mass is 19.2. The zero-order chi connectivity index (χ0) is 26.5. The van der Waals surface area contributed by atoms with Gasteiger partial charge in [0, 0.05) is 11.5 Å². The van der Waals surface area contributed by atoms with Crippen LogP contribution in [0.15, 0.2) is 43.0 Å². The Morgan fingerprint density at radius 3 is 2.22 bits per heavy atom. The Bertz CT molecular complexity index is 1110. The van der Waals surface area contributed by atoms with Crippen LogP contribution in [0, 0.1) is 29.2 Å². The highest BCUT2D eigenvalue weighted by Crippen LogP contribution is 2.39. The van der Waals surface area contributed by atoms with Crippen molar-refractivity contribution in [2.45, 2.75) is 69.5 Å². The molecule has 1 aliphatic heterocycles. The molecule has 3 atom stereocenters. The van der Waals surface area contributed by atoms with E-state index in [2.05, 4.69) is 6.58 Å². The molecule has 1 aliphatic carbocycles. The van der Waals surface area contributed by atoms with Crippen LogP contribution in [-0.4, -0.2) is 30.5 Å². The largest absolute Gasteiger partial charge is 0.486 e. The van der Waals surface area contributed by atoms with Gasteiger partial charge in [-0.1, -0.05) is 43.0 Å². The predicted molar refractivity (Wildman–Crippen MR) is 136 cm³/mol. The first-order chi connectivity index (χ1) is 17.8. The van der Waals surface area contributed by atoms with E-state index in [0.717, 1.165) is 25.7 Å². The molecule has 2 aromatic rings. The third-order valence-electron chi connectivity index (χ3n) is 7.71. The molecule has 3 unspecified atom stereocenters. The molecule has 200 valence electrons. The van der Waals surface area contributed by atoms with E-state index in [0.29, 0.717) is 18.4 Å². The van der Waals surface area contributed by atoms with Gasteiger partial charge >= 0.3 is 0 Å².